The quantitative estimate of drug-likeness (QED) is 0.799. The van der Waals surface area contributed by atoms with E-state index < -0.39 is 5.97 Å². The molecule has 0 amide bonds. The molecule has 16 heavy (non-hydrogen) atoms. The van der Waals surface area contributed by atoms with Gasteiger partial charge in [0.1, 0.15) is 5.65 Å². The van der Waals surface area contributed by atoms with Crippen molar-refractivity contribution in [3.63, 3.8) is 0 Å². The van der Waals surface area contributed by atoms with Crippen molar-refractivity contribution in [2.75, 3.05) is 0 Å². The molecule has 0 bridgehead atoms. The Bertz CT molecular complexity index is 550. The van der Waals surface area contributed by atoms with Crippen LogP contribution in [0.5, 0.6) is 0 Å². The molecule has 2 aromatic rings. The molecule has 0 saturated carbocycles. The maximum atomic E-state index is 11.3. The first-order chi connectivity index (χ1) is 7.41. The molecular weight excluding hydrogens is 204 g/mol. The molecule has 0 aliphatic carbocycles. The number of carboxylic acid groups (broad SMARTS) is 1. The second-order valence-electron chi connectivity index (χ2n) is 4.79. The van der Waals surface area contributed by atoms with E-state index in [-0.39, 0.29) is 11.1 Å². The molecule has 1 N–H and O–H groups in total. The predicted molar refractivity (Wildman–Crippen MR) is 60.9 cm³/mol. The molecule has 4 heteroatoms. The summed E-state index contributed by atoms with van der Waals surface area (Å²) in [6.45, 7) is 5.88. The van der Waals surface area contributed by atoms with E-state index >= 15 is 0 Å². The highest BCUT2D eigenvalue weighted by atomic mass is 16.4. The van der Waals surface area contributed by atoms with Crippen molar-refractivity contribution in [1.82, 2.24) is 9.38 Å². The molecule has 2 heterocycles. The van der Waals surface area contributed by atoms with Gasteiger partial charge >= 0.3 is 5.97 Å². The van der Waals surface area contributed by atoms with E-state index in [4.69, 9.17) is 0 Å². The van der Waals surface area contributed by atoms with Gasteiger partial charge in [-0.05, 0) is 12.1 Å². The average molecular weight is 218 g/mol. The van der Waals surface area contributed by atoms with Gasteiger partial charge in [0, 0.05) is 11.6 Å². The lowest BCUT2D eigenvalue weighted by Crippen LogP contribution is -2.17. The maximum Gasteiger partial charge on any atom is 0.354 e. The van der Waals surface area contributed by atoms with Gasteiger partial charge in [0.2, 0.25) is 0 Å². The van der Waals surface area contributed by atoms with Gasteiger partial charge in [0.25, 0.3) is 0 Å². The van der Waals surface area contributed by atoms with Gasteiger partial charge in [-0.15, -0.1) is 0 Å². The summed E-state index contributed by atoms with van der Waals surface area (Å²) in [6, 6.07) is 5.45. The van der Waals surface area contributed by atoms with E-state index in [0.717, 1.165) is 0 Å². The molecule has 0 radical (unpaired) electrons. The SMILES string of the molecule is CC(C)(C)c1nc2ccccn2c1C(=O)O. The van der Waals surface area contributed by atoms with Crippen LogP contribution in [0.2, 0.25) is 0 Å². The Morgan fingerprint density at radius 3 is 2.62 bits per heavy atom. The van der Waals surface area contributed by atoms with Crippen LogP contribution in [0.4, 0.5) is 0 Å². The zero-order chi connectivity index (χ0) is 11.9. The molecule has 0 aliphatic heterocycles. The van der Waals surface area contributed by atoms with Gasteiger partial charge in [0.05, 0.1) is 5.69 Å². The fourth-order valence-corrected chi connectivity index (χ4v) is 1.72. The van der Waals surface area contributed by atoms with Gasteiger partial charge in [-0.25, -0.2) is 9.78 Å². The number of aromatic carboxylic acids is 1. The number of carbonyl (C=O) groups is 1. The lowest BCUT2D eigenvalue weighted by atomic mass is 9.91. The average Bonchev–Trinajstić information content (AvgIpc) is 2.55. The van der Waals surface area contributed by atoms with Crippen molar-refractivity contribution in [2.45, 2.75) is 26.2 Å². The Labute approximate surface area is 93.5 Å². The Kier molecular flexibility index (Phi) is 2.22. The summed E-state index contributed by atoms with van der Waals surface area (Å²) in [5, 5.41) is 9.26. The van der Waals surface area contributed by atoms with Crippen LogP contribution < -0.4 is 0 Å². The second-order valence-corrected chi connectivity index (χ2v) is 4.79. The monoisotopic (exact) mass is 218 g/mol. The third-order valence-corrected chi connectivity index (χ3v) is 2.44. The highest BCUT2D eigenvalue weighted by Gasteiger charge is 2.27. The van der Waals surface area contributed by atoms with Crippen molar-refractivity contribution in [3.8, 4) is 0 Å². The highest BCUT2D eigenvalue weighted by molar-refractivity contribution is 5.88. The van der Waals surface area contributed by atoms with E-state index in [0.29, 0.717) is 11.3 Å². The third kappa shape index (κ3) is 1.56. The van der Waals surface area contributed by atoms with Crippen molar-refractivity contribution in [3.05, 3.63) is 35.8 Å². The number of carboxylic acids is 1. The fourth-order valence-electron chi connectivity index (χ4n) is 1.72. The first-order valence-electron chi connectivity index (χ1n) is 5.12. The van der Waals surface area contributed by atoms with Crippen LogP contribution in [0, 0.1) is 0 Å². The van der Waals surface area contributed by atoms with Crippen molar-refractivity contribution >= 4 is 11.6 Å². The van der Waals surface area contributed by atoms with Crippen LogP contribution in [0.1, 0.15) is 37.0 Å². The number of hydrogen-bond donors (Lipinski definition) is 1. The molecule has 0 aromatic carbocycles. The van der Waals surface area contributed by atoms with Crippen LogP contribution >= 0.6 is 0 Å². The van der Waals surface area contributed by atoms with Crippen molar-refractivity contribution in [2.24, 2.45) is 0 Å². The molecule has 2 aromatic heterocycles. The van der Waals surface area contributed by atoms with E-state index in [9.17, 15) is 9.90 Å². The van der Waals surface area contributed by atoms with Crippen LogP contribution in [-0.2, 0) is 5.41 Å². The van der Waals surface area contributed by atoms with Crippen molar-refractivity contribution < 1.29 is 9.90 Å². The Morgan fingerprint density at radius 1 is 1.38 bits per heavy atom. The van der Waals surface area contributed by atoms with Crippen LogP contribution in [0.25, 0.3) is 5.65 Å². The zero-order valence-corrected chi connectivity index (χ0v) is 9.56. The number of fused-ring (bicyclic) bond motifs is 1. The predicted octanol–water partition coefficient (Wildman–Crippen LogP) is 2.33. The molecule has 0 fully saturated rings. The van der Waals surface area contributed by atoms with Gasteiger partial charge in [-0.2, -0.15) is 0 Å². The standard InChI is InChI=1S/C12H14N2O2/c1-12(2,3)10-9(11(15)16)14-7-5-4-6-8(14)13-10/h4-7H,1-3H3,(H,15,16). The smallest absolute Gasteiger partial charge is 0.354 e. The van der Waals surface area contributed by atoms with E-state index in [2.05, 4.69) is 4.98 Å². The van der Waals surface area contributed by atoms with E-state index in [1.807, 2.05) is 32.9 Å². The van der Waals surface area contributed by atoms with Gasteiger partial charge < -0.3 is 5.11 Å². The molecule has 0 saturated heterocycles. The normalized spacial score (nSPS) is 11.9. The summed E-state index contributed by atoms with van der Waals surface area (Å²) >= 11 is 0. The topological polar surface area (TPSA) is 54.6 Å². The van der Waals surface area contributed by atoms with Gasteiger partial charge in [-0.3, -0.25) is 4.40 Å². The minimum atomic E-state index is -0.941. The molecular formula is C12H14N2O2. The van der Waals surface area contributed by atoms with Crippen molar-refractivity contribution in [1.29, 1.82) is 0 Å². The summed E-state index contributed by atoms with van der Waals surface area (Å²) in [4.78, 5) is 15.7. The fraction of sp³-hybridized carbons (Fsp3) is 0.333. The number of imidazole rings is 1. The minimum Gasteiger partial charge on any atom is -0.477 e. The zero-order valence-electron chi connectivity index (χ0n) is 9.56. The van der Waals surface area contributed by atoms with E-state index in [1.165, 1.54) is 0 Å². The highest BCUT2D eigenvalue weighted by Crippen LogP contribution is 2.26. The summed E-state index contributed by atoms with van der Waals surface area (Å²) in [7, 11) is 0. The molecule has 0 spiro atoms. The third-order valence-electron chi connectivity index (χ3n) is 2.44. The molecule has 0 aliphatic rings. The number of aromatic nitrogens is 2. The Balaban J connectivity index is 2.84. The molecule has 0 atom stereocenters. The Morgan fingerprint density at radius 2 is 2.06 bits per heavy atom. The largest absolute Gasteiger partial charge is 0.477 e. The second kappa shape index (κ2) is 3.33. The van der Waals surface area contributed by atoms with Crippen LogP contribution in [0.15, 0.2) is 24.4 Å². The lowest BCUT2D eigenvalue weighted by molar-refractivity contribution is 0.0686. The summed E-state index contributed by atoms with van der Waals surface area (Å²) < 4.78 is 1.61. The lowest BCUT2D eigenvalue weighted by Gasteiger charge is -2.16. The number of rotatable bonds is 1. The minimum absolute atomic E-state index is 0.253. The summed E-state index contributed by atoms with van der Waals surface area (Å²) in [5.41, 5.74) is 1.26. The summed E-state index contributed by atoms with van der Waals surface area (Å²) in [5.74, 6) is -0.941. The molecule has 2 rings (SSSR count). The number of hydrogen-bond acceptors (Lipinski definition) is 2. The first-order valence-corrected chi connectivity index (χ1v) is 5.12. The molecule has 4 nitrogen and oxygen atoms in total. The molecule has 84 valence electrons. The van der Waals surface area contributed by atoms with Crippen LogP contribution in [0.3, 0.4) is 0 Å². The Hall–Kier alpha value is -1.84. The number of nitrogens with zero attached hydrogens (tertiary/aromatic N) is 2. The molecule has 0 unspecified atom stereocenters. The van der Waals surface area contributed by atoms with Crippen LogP contribution in [-0.4, -0.2) is 20.5 Å². The van der Waals surface area contributed by atoms with Gasteiger partial charge in [0.15, 0.2) is 5.69 Å². The first kappa shape index (κ1) is 10.7. The maximum absolute atomic E-state index is 11.3. The van der Waals surface area contributed by atoms with E-state index in [1.54, 1.807) is 16.7 Å². The number of pyridine rings is 1. The summed E-state index contributed by atoms with van der Waals surface area (Å²) in [6.07, 6.45) is 1.72. The van der Waals surface area contributed by atoms with Gasteiger partial charge in [-0.1, -0.05) is 26.8 Å².